The van der Waals surface area contributed by atoms with Crippen molar-refractivity contribution in [3.05, 3.63) is 29.6 Å². The first-order valence-electron chi connectivity index (χ1n) is 7.43. The lowest BCUT2D eigenvalue weighted by atomic mass is 9.91. The van der Waals surface area contributed by atoms with Crippen LogP contribution >= 0.6 is 0 Å². The zero-order valence-corrected chi connectivity index (χ0v) is 12.6. The van der Waals surface area contributed by atoms with E-state index in [-0.39, 0.29) is 18.0 Å². The first-order valence-corrected chi connectivity index (χ1v) is 7.43. The Morgan fingerprint density at radius 2 is 1.95 bits per heavy atom. The minimum Gasteiger partial charge on any atom is -0.393 e. The summed E-state index contributed by atoms with van der Waals surface area (Å²) >= 11 is 0. The minimum atomic E-state index is -0.270. The van der Waals surface area contributed by atoms with Crippen molar-refractivity contribution >= 4 is 5.69 Å². The van der Waals surface area contributed by atoms with Crippen LogP contribution in [0.2, 0.25) is 0 Å². The molecule has 20 heavy (non-hydrogen) atoms. The molecule has 0 spiro atoms. The maximum atomic E-state index is 14.3. The second-order valence-electron chi connectivity index (χ2n) is 5.75. The second kappa shape index (κ2) is 6.55. The van der Waals surface area contributed by atoms with Crippen LogP contribution in [0.5, 0.6) is 0 Å². The van der Waals surface area contributed by atoms with Crippen molar-refractivity contribution in [1.29, 1.82) is 0 Å². The molecule has 0 aromatic heterocycles. The zero-order chi connectivity index (χ0) is 14.7. The summed E-state index contributed by atoms with van der Waals surface area (Å²) in [5.74, 6) is 0.184. The largest absolute Gasteiger partial charge is 0.393 e. The Morgan fingerprint density at radius 3 is 2.50 bits per heavy atom. The lowest BCUT2D eigenvalue weighted by Gasteiger charge is -2.36. The van der Waals surface area contributed by atoms with Crippen LogP contribution in [0, 0.1) is 11.7 Å². The normalized spacial score (nSPS) is 19.9. The molecule has 0 saturated carbocycles. The molecule has 1 aliphatic heterocycles. The third kappa shape index (κ3) is 3.13. The summed E-state index contributed by atoms with van der Waals surface area (Å²) < 4.78 is 14.3. The van der Waals surface area contributed by atoms with E-state index in [0.717, 1.165) is 37.2 Å². The lowest BCUT2D eigenvalue weighted by molar-refractivity contribution is 0.109. The predicted octanol–water partition coefficient (Wildman–Crippen LogP) is 2.70. The fourth-order valence-corrected chi connectivity index (χ4v) is 2.98. The minimum absolute atomic E-state index is 0.121. The van der Waals surface area contributed by atoms with E-state index < -0.39 is 0 Å². The van der Waals surface area contributed by atoms with E-state index in [0.29, 0.717) is 5.92 Å². The highest BCUT2D eigenvalue weighted by molar-refractivity contribution is 5.56. The topological polar surface area (TPSA) is 35.5 Å². The molecule has 1 heterocycles. The van der Waals surface area contributed by atoms with E-state index in [1.165, 1.54) is 6.07 Å². The summed E-state index contributed by atoms with van der Waals surface area (Å²) in [4.78, 5) is 2.12. The number of aliphatic hydroxyl groups is 1. The van der Waals surface area contributed by atoms with Crippen molar-refractivity contribution in [2.24, 2.45) is 5.92 Å². The standard InChI is InChI=1S/C16H25FN2O/c1-11(18-3)14-5-4-6-15(17)16(14)19-9-7-13(8-10-19)12(2)20/h4-6,11-13,18,20H,7-10H2,1-3H3. The van der Waals surface area contributed by atoms with E-state index in [1.807, 2.05) is 27.0 Å². The Hall–Kier alpha value is -1.13. The monoisotopic (exact) mass is 280 g/mol. The summed E-state index contributed by atoms with van der Waals surface area (Å²) in [5.41, 5.74) is 1.72. The molecule has 4 heteroatoms. The SMILES string of the molecule is CNC(C)c1cccc(F)c1N1CCC(C(C)O)CC1. The van der Waals surface area contributed by atoms with Crippen LogP contribution in [0.3, 0.4) is 0 Å². The predicted molar refractivity (Wildman–Crippen MR) is 80.5 cm³/mol. The number of nitrogens with one attached hydrogen (secondary N) is 1. The summed E-state index contributed by atoms with van der Waals surface area (Å²) in [6.07, 6.45) is 1.56. The van der Waals surface area contributed by atoms with Gasteiger partial charge in [-0.05, 0) is 51.3 Å². The molecule has 0 aliphatic carbocycles. The van der Waals surface area contributed by atoms with Crippen molar-refractivity contribution < 1.29 is 9.50 Å². The van der Waals surface area contributed by atoms with Crippen LogP contribution in [-0.2, 0) is 0 Å². The molecule has 2 rings (SSSR count). The van der Waals surface area contributed by atoms with Crippen LogP contribution < -0.4 is 10.2 Å². The van der Waals surface area contributed by atoms with E-state index in [1.54, 1.807) is 6.07 Å². The molecule has 0 radical (unpaired) electrons. The van der Waals surface area contributed by atoms with E-state index in [9.17, 15) is 9.50 Å². The second-order valence-corrected chi connectivity index (χ2v) is 5.75. The fraction of sp³-hybridized carbons (Fsp3) is 0.625. The molecular formula is C16H25FN2O. The van der Waals surface area contributed by atoms with Gasteiger partial charge in [0.15, 0.2) is 0 Å². The van der Waals surface area contributed by atoms with Gasteiger partial charge in [-0.1, -0.05) is 12.1 Å². The molecule has 1 aromatic carbocycles. The van der Waals surface area contributed by atoms with Crippen LogP contribution in [0.25, 0.3) is 0 Å². The third-order valence-corrected chi connectivity index (χ3v) is 4.46. The molecule has 2 unspecified atom stereocenters. The molecule has 2 atom stereocenters. The number of hydrogen-bond acceptors (Lipinski definition) is 3. The Morgan fingerprint density at radius 1 is 1.30 bits per heavy atom. The molecule has 3 nitrogen and oxygen atoms in total. The number of para-hydroxylation sites is 1. The average molecular weight is 280 g/mol. The summed E-state index contributed by atoms with van der Waals surface area (Å²) in [5, 5.41) is 12.8. The van der Waals surface area contributed by atoms with E-state index in [2.05, 4.69) is 10.2 Å². The molecule has 2 N–H and O–H groups in total. The van der Waals surface area contributed by atoms with E-state index in [4.69, 9.17) is 0 Å². The van der Waals surface area contributed by atoms with Gasteiger partial charge in [-0.3, -0.25) is 0 Å². The van der Waals surface area contributed by atoms with Crippen molar-refractivity contribution in [1.82, 2.24) is 5.32 Å². The maximum Gasteiger partial charge on any atom is 0.146 e. The van der Waals surface area contributed by atoms with Gasteiger partial charge in [0.2, 0.25) is 0 Å². The van der Waals surface area contributed by atoms with Gasteiger partial charge < -0.3 is 15.3 Å². The Balaban J connectivity index is 2.21. The van der Waals surface area contributed by atoms with Crippen molar-refractivity contribution in [2.45, 2.75) is 38.8 Å². The summed E-state index contributed by atoms with van der Waals surface area (Å²) in [7, 11) is 1.89. The number of hydrogen-bond donors (Lipinski definition) is 2. The quantitative estimate of drug-likeness (QED) is 0.890. The number of rotatable bonds is 4. The molecule has 1 aliphatic rings. The first-order chi connectivity index (χ1) is 9.54. The first kappa shape index (κ1) is 15.3. The van der Waals surface area contributed by atoms with Gasteiger partial charge in [0.05, 0.1) is 11.8 Å². The number of aliphatic hydroxyl groups excluding tert-OH is 1. The highest BCUT2D eigenvalue weighted by Crippen LogP contribution is 2.32. The zero-order valence-electron chi connectivity index (χ0n) is 12.6. The summed E-state index contributed by atoms with van der Waals surface area (Å²) in [6.45, 7) is 5.50. The molecule has 1 aromatic rings. The maximum absolute atomic E-state index is 14.3. The molecule has 112 valence electrons. The highest BCUT2D eigenvalue weighted by Gasteiger charge is 2.26. The van der Waals surface area contributed by atoms with Crippen LogP contribution in [0.15, 0.2) is 18.2 Å². The molecule has 0 amide bonds. The van der Waals surface area contributed by atoms with Crippen molar-refractivity contribution in [3.8, 4) is 0 Å². The van der Waals surface area contributed by atoms with Crippen LogP contribution in [-0.4, -0.2) is 31.3 Å². The van der Waals surface area contributed by atoms with Gasteiger partial charge in [0.25, 0.3) is 0 Å². The molecule has 0 bridgehead atoms. The Labute approximate surface area is 120 Å². The number of nitrogens with zero attached hydrogens (tertiary/aromatic N) is 1. The third-order valence-electron chi connectivity index (χ3n) is 4.46. The average Bonchev–Trinajstić information content (AvgIpc) is 2.46. The molecular weight excluding hydrogens is 255 g/mol. The Bertz CT molecular complexity index is 442. The van der Waals surface area contributed by atoms with Gasteiger partial charge >= 0.3 is 0 Å². The van der Waals surface area contributed by atoms with Crippen molar-refractivity contribution in [3.63, 3.8) is 0 Å². The number of benzene rings is 1. The van der Waals surface area contributed by atoms with Gasteiger partial charge in [-0.25, -0.2) is 4.39 Å². The van der Waals surface area contributed by atoms with Crippen LogP contribution in [0.4, 0.5) is 10.1 Å². The Kier molecular flexibility index (Phi) is 5.00. The number of anilines is 1. The van der Waals surface area contributed by atoms with Crippen molar-refractivity contribution in [2.75, 3.05) is 25.0 Å². The fourth-order valence-electron chi connectivity index (χ4n) is 2.98. The number of halogens is 1. The van der Waals surface area contributed by atoms with Gasteiger partial charge in [-0.15, -0.1) is 0 Å². The highest BCUT2D eigenvalue weighted by atomic mass is 19.1. The molecule has 1 fully saturated rings. The molecule has 1 saturated heterocycles. The lowest BCUT2D eigenvalue weighted by Crippen LogP contribution is -2.38. The summed E-state index contributed by atoms with van der Waals surface area (Å²) in [6, 6.07) is 5.41. The van der Waals surface area contributed by atoms with Gasteiger partial charge in [0, 0.05) is 19.1 Å². The van der Waals surface area contributed by atoms with E-state index >= 15 is 0 Å². The van der Waals surface area contributed by atoms with Gasteiger partial charge in [-0.2, -0.15) is 0 Å². The van der Waals surface area contributed by atoms with Gasteiger partial charge in [0.1, 0.15) is 5.82 Å². The number of piperidine rings is 1. The smallest absolute Gasteiger partial charge is 0.146 e. The van der Waals surface area contributed by atoms with Crippen LogP contribution in [0.1, 0.15) is 38.3 Å².